The first-order valence-corrected chi connectivity index (χ1v) is 13.6. The Morgan fingerprint density at radius 2 is 1.64 bits per heavy atom. The molecule has 39 heavy (non-hydrogen) atoms. The van der Waals surface area contributed by atoms with Gasteiger partial charge >= 0.3 is 6.18 Å². The summed E-state index contributed by atoms with van der Waals surface area (Å²) in [6.07, 6.45) is -4.74. The second-order valence-corrected chi connectivity index (χ2v) is 11.1. The Morgan fingerprint density at radius 3 is 2.23 bits per heavy atom. The minimum Gasteiger partial charge on any atom is -0.357 e. The lowest BCUT2D eigenvalue weighted by Crippen LogP contribution is -2.50. The van der Waals surface area contributed by atoms with Crippen molar-refractivity contribution in [3.8, 4) is 0 Å². The highest BCUT2D eigenvalue weighted by Crippen LogP contribution is 2.33. The molecule has 1 N–H and O–H groups in total. The van der Waals surface area contributed by atoms with Gasteiger partial charge in [0.2, 0.25) is 11.8 Å². The molecule has 0 aliphatic carbocycles. The van der Waals surface area contributed by atoms with Crippen LogP contribution < -0.4 is 9.62 Å². The highest BCUT2D eigenvalue weighted by atomic mass is 35.5. The lowest BCUT2D eigenvalue weighted by molar-refractivity contribution is -0.139. The molecule has 1 atom stereocenters. The van der Waals surface area contributed by atoms with Crippen LogP contribution in [0.3, 0.4) is 0 Å². The normalized spacial score (nSPS) is 12.5. The highest BCUT2D eigenvalue weighted by Gasteiger charge is 2.35. The van der Waals surface area contributed by atoms with Crippen molar-refractivity contribution in [2.75, 3.05) is 17.9 Å². The Kier molecular flexibility index (Phi) is 9.29. The predicted octanol–water partition coefficient (Wildman–Crippen LogP) is 5.03. The number of nitrogens with one attached hydrogen (secondary N) is 1. The summed E-state index contributed by atoms with van der Waals surface area (Å²) < 4.78 is 68.5. The first-order chi connectivity index (χ1) is 18.2. The van der Waals surface area contributed by atoms with Crippen LogP contribution in [0.4, 0.5) is 18.9 Å². The van der Waals surface area contributed by atoms with Crippen molar-refractivity contribution in [2.45, 2.75) is 37.5 Å². The number of nitrogens with zero attached hydrogens (tertiary/aromatic N) is 2. The second kappa shape index (κ2) is 12.1. The topological polar surface area (TPSA) is 86.8 Å². The number of amides is 2. The van der Waals surface area contributed by atoms with Crippen molar-refractivity contribution in [1.29, 1.82) is 0 Å². The standard InChI is InChI=1S/C27H27ClF3N3O4S/c1-18-10-12-24(13-11-18)39(37,38)34(23-9-5-7-21(15-23)27(29,30)31)17-25(35)33(19(2)26(36)32-3)16-20-6-4-8-22(28)14-20/h4-15,19H,16-17H2,1-3H3,(H,32,36). The molecule has 0 saturated heterocycles. The number of benzene rings is 3. The Balaban J connectivity index is 2.10. The molecule has 208 valence electrons. The van der Waals surface area contributed by atoms with Crippen molar-refractivity contribution in [3.63, 3.8) is 0 Å². The van der Waals surface area contributed by atoms with E-state index in [-0.39, 0.29) is 17.1 Å². The van der Waals surface area contributed by atoms with Crippen LogP contribution in [0.25, 0.3) is 0 Å². The number of hydrogen-bond donors (Lipinski definition) is 1. The molecule has 2 amide bonds. The number of aryl methyl sites for hydroxylation is 1. The monoisotopic (exact) mass is 581 g/mol. The number of hydrogen-bond acceptors (Lipinski definition) is 4. The number of halogens is 4. The van der Waals surface area contributed by atoms with E-state index in [4.69, 9.17) is 11.6 Å². The van der Waals surface area contributed by atoms with Gasteiger partial charge in [-0.3, -0.25) is 13.9 Å². The van der Waals surface area contributed by atoms with E-state index >= 15 is 0 Å². The molecule has 3 aromatic carbocycles. The molecule has 3 aromatic rings. The summed E-state index contributed by atoms with van der Waals surface area (Å²) in [7, 11) is -3.11. The van der Waals surface area contributed by atoms with E-state index in [9.17, 15) is 31.2 Å². The smallest absolute Gasteiger partial charge is 0.357 e. The molecule has 0 radical (unpaired) electrons. The summed E-state index contributed by atoms with van der Waals surface area (Å²) >= 11 is 6.07. The van der Waals surface area contributed by atoms with Crippen molar-refractivity contribution in [2.24, 2.45) is 0 Å². The zero-order chi connectivity index (χ0) is 29.0. The summed E-state index contributed by atoms with van der Waals surface area (Å²) in [5.41, 5.74) is -0.0959. The molecular formula is C27H27ClF3N3O4S. The molecule has 0 aliphatic rings. The average Bonchev–Trinajstić information content (AvgIpc) is 2.89. The second-order valence-electron chi connectivity index (χ2n) is 8.81. The molecule has 0 spiro atoms. The summed E-state index contributed by atoms with van der Waals surface area (Å²) in [4.78, 5) is 27.1. The van der Waals surface area contributed by atoms with E-state index in [2.05, 4.69) is 5.32 Å². The first-order valence-electron chi connectivity index (χ1n) is 11.8. The summed E-state index contributed by atoms with van der Waals surface area (Å²) in [6.45, 7) is 2.25. The van der Waals surface area contributed by atoms with Crippen LogP contribution in [0.2, 0.25) is 5.02 Å². The number of anilines is 1. The Morgan fingerprint density at radius 1 is 1.00 bits per heavy atom. The molecule has 0 heterocycles. The SMILES string of the molecule is CNC(=O)C(C)N(Cc1cccc(Cl)c1)C(=O)CN(c1cccc(C(F)(F)F)c1)S(=O)(=O)c1ccc(C)cc1. The average molecular weight is 582 g/mol. The van der Waals surface area contributed by atoms with Gasteiger partial charge in [0.25, 0.3) is 10.0 Å². The van der Waals surface area contributed by atoms with E-state index in [1.54, 1.807) is 31.2 Å². The largest absolute Gasteiger partial charge is 0.416 e. The molecule has 3 rings (SSSR count). The van der Waals surface area contributed by atoms with E-state index in [0.717, 1.165) is 22.6 Å². The molecule has 0 saturated carbocycles. The van der Waals surface area contributed by atoms with Gasteiger partial charge in [-0.15, -0.1) is 0 Å². The van der Waals surface area contributed by atoms with E-state index in [1.807, 2.05) is 0 Å². The third-order valence-electron chi connectivity index (χ3n) is 6.00. The fourth-order valence-electron chi connectivity index (χ4n) is 3.83. The predicted molar refractivity (Wildman–Crippen MR) is 143 cm³/mol. The molecule has 0 aliphatic heterocycles. The molecule has 0 aromatic heterocycles. The Bertz CT molecular complexity index is 1450. The van der Waals surface area contributed by atoms with Gasteiger partial charge in [0.05, 0.1) is 16.1 Å². The highest BCUT2D eigenvalue weighted by molar-refractivity contribution is 7.92. The van der Waals surface area contributed by atoms with Crippen LogP contribution in [-0.2, 0) is 32.3 Å². The molecule has 12 heteroatoms. The molecule has 0 bridgehead atoms. The van der Waals surface area contributed by atoms with Gasteiger partial charge in [0, 0.05) is 18.6 Å². The maximum Gasteiger partial charge on any atom is 0.416 e. The van der Waals surface area contributed by atoms with Crippen molar-refractivity contribution in [3.05, 3.63) is 94.5 Å². The Hall–Kier alpha value is -3.57. The summed E-state index contributed by atoms with van der Waals surface area (Å²) in [6, 6.07) is 14.9. The van der Waals surface area contributed by atoms with Crippen LogP contribution in [0, 0.1) is 6.92 Å². The van der Waals surface area contributed by atoms with Crippen molar-refractivity contribution in [1.82, 2.24) is 10.2 Å². The third-order valence-corrected chi connectivity index (χ3v) is 8.03. The molecule has 0 fully saturated rings. The zero-order valence-corrected chi connectivity index (χ0v) is 22.9. The first kappa shape index (κ1) is 30.0. The van der Waals surface area contributed by atoms with Gasteiger partial charge in [0.1, 0.15) is 12.6 Å². The third kappa shape index (κ3) is 7.30. The quantitative estimate of drug-likeness (QED) is 0.384. The minimum atomic E-state index is -4.74. The molecule has 7 nitrogen and oxygen atoms in total. The van der Waals surface area contributed by atoms with Crippen LogP contribution in [-0.4, -0.2) is 44.8 Å². The lowest BCUT2D eigenvalue weighted by atomic mass is 10.1. The fourth-order valence-corrected chi connectivity index (χ4v) is 5.45. The van der Waals surface area contributed by atoms with Gasteiger partial charge < -0.3 is 10.2 Å². The van der Waals surface area contributed by atoms with Crippen LogP contribution >= 0.6 is 11.6 Å². The van der Waals surface area contributed by atoms with Crippen molar-refractivity contribution >= 4 is 39.1 Å². The number of carbonyl (C=O) groups excluding carboxylic acids is 2. The number of sulfonamides is 1. The van der Waals surface area contributed by atoms with Gasteiger partial charge in [-0.05, 0) is 61.9 Å². The summed E-state index contributed by atoms with van der Waals surface area (Å²) in [5, 5.41) is 2.84. The van der Waals surface area contributed by atoms with Gasteiger partial charge in [-0.2, -0.15) is 13.2 Å². The fraction of sp³-hybridized carbons (Fsp3) is 0.259. The zero-order valence-electron chi connectivity index (χ0n) is 21.4. The van der Waals surface area contributed by atoms with Gasteiger partial charge in [-0.25, -0.2) is 8.42 Å². The van der Waals surface area contributed by atoms with Gasteiger partial charge in [0.15, 0.2) is 0 Å². The number of likely N-dealkylation sites (N-methyl/N-ethyl adjacent to an activating group) is 1. The summed E-state index contributed by atoms with van der Waals surface area (Å²) in [5.74, 6) is -1.32. The number of alkyl halides is 3. The maximum absolute atomic E-state index is 13.7. The van der Waals surface area contributed by atoms with E-state index < -0.39 is 46.2 Å². The lowest BCUT2D eigenvalue weighted by Gasteiger charge is -2.32. The minimum absolute atomic E-state index is 0.102. The van der Waals surface area contributed by atoms with Crippen LogP contribution in [0.5, 0.6) is 0 Å². The van der Waals surface area contributed by atoms with Crippen molar-refractivity contribution < 1.29 is 31.2 Å². The van der Waals surface area contributed by atoms with Gasteiger partial charge in [-0.1, -0.05) is 47.5 Å². The molecular weight excluding hydrogens is 555 g/mol. The number of carbonyl (C=O) groups is 2. The van der Waals surface area contributed by atoms with Crippen LogP contribution in [0.15, 0.2) is 77.7 Å². The molecule has 1 unspecified atom stereocenters. The van der Waals surface area contributed by atoms with Crippen LogP contribution in [0.1, 0.15) is 23.6 Å². The maximum atomic E-state index is 13.7. The Labute approximate surface area is 230 Å². The van der Waals surface area contributed by atoms with E-state index in [1.165, 1.54) is 44.3 Å². The van der Waals surface area contributed by atoms with E-state index in [0.29, 0.717) is 21.0 Å². The number of rotatable bonds is 9.